The average molecular weight is 615 g/mol. The third-order valence-corrected chi connectivity index (χ3v) is 9.38. The van der Waals surface area contributed by atoms with E-state index in [1.54, 1.807) is 4.90 Å². The highest BCUT2D eigenvalue weighted by Gasteiger charge is 2.35. The van der Waals surface area contributed by atoms with Gasteiger partial charge in [0.05, 0.1) is 29.1 Å². The van der Waals surface area contributed by atoms with E-state index in [-0.39, 0.29) is 24.5 Å². The van der Waals surface area contributed by atoms with E-state index in [0.29, 0.717) is 43.8 Å². The fourth-order valence-electron chi connectivity index (χ4n) is 6.26. The second-order valence-electron chi connectivity index (χ2n) is 12.1. The highest BCUT2D eigenvalue weighted by molar-refractivity contribution is 6.36. The Hall–Kier alpha value is -3.94. The zero-order valence-electron chi connectivity index (χ0n) is 25.5. The maximum Gasteiger partial charge on any atom is 0.318 e. The molecule has 230 valence electrons. The van der Waals surface area contributed by atoms with Crippen LogP contribution in [-0.4, -0.2) is 95.7 Å². The van der Waals surface area contributed by atoms with Crippen LogP contribution in [-0.2, 0) is 17.8 Å². The van der Waals surface area contributed by atoms with Crippen LogP contribution in [0.2, 0.25) is 5.02 Å². The van der Waals surface area contributed by atoms with Gasteiger partial charge in [-0.3, -0.25) is 9.78 Å². The number of benzene rings is 1. The fraction of sp³-hybridized carbons (Fsp3) is 0.485. The predicted molar refractivity (Wildman–Crippen MR) is 173 cm³/mol. The summed E-state index contributed by atoms with van der Waals surface area (Å²) in [5.41, 5.74) is 2.97. The van der Waals surface area contributed by atoms with Gasteiger partial charge in [-0.15, -0.1) is 0 Å². The molecule has 6 rings (SSSR count). The Balaban J connectivity index is 1.31. The van der Waals surface area contributed by atoms with Crippen molar-refractivity contribution in [2.75, 3.05) is 62.7 Å². The summed E-state index contributed by atoms with van der Waals surface area (Å²) in [6, 6.07) is 6.21. The smallest absolute Gasteiger partial charge is 0.318 e. The van der Waals surface area contributed by atoms with Gasteiger partial charge in [0.1, 0.15) is 18.5 Å². The molecule has 10 nitrogen and oxygen atoms in total. The molecule has 1 amide bonds. The van der Waals surface area contributed by atoms with Crippen molar-refractivity contribution >= 4 is 39.8 Å². The summed E-state index contributed by atoms with van der Waals surface area (Å²) in [6.07, 6.45) is 8.39. The number of ether oxygens (including phenoxy) is 1. The van der Waals surface area contributed by atoms with Crippen LogP contribution < -0.4 is 14.5 Å². The molecule has 1 saturated carbocycles. The molecule has 0 N–H and O–H groups in total. The van der Waals surface area contributed by atoms with Crippen molar-refractivity contribution in [3.05, 3.63) is 70.9 Å². The molecule has 4 heterocycles. The van der Waals surface area contributed by atoms with Crippen molar-refractivity contribution in [2.24, 2.45) is 5.92 Å². The van der Waals surface area contributed by atoms with E-state index < -0.39 is 0 Å². The molecule has 1 aliphatic carbocycles. The molecule has 0 bridgehead atoms. The number of likely N-dealkylation sites (N-methyl/N-ethyl adjacent to an activating group) is 1. The average Bonchev–Trinajstić information content (AvgIpc) is 3.86. The number of hydrogen-bond acceptors (Lipinski definition) is 8. The zero-order valence-corrected chi connectivity index (χ0v) is 26.2. The minimum Gasteiger partial charge on any atom is -0.462 e. The minimum absolute atomic E-state index is 0.144. The number of anilines is 2. The number of rotatable bonds is 10. The van der Waals surface area contributed by atoms with Crippen molar-refractivity contribution in [3.63, 3.8) is 0 Å². The topological polar surface area (TPSA) is 82.3 Å². The molecule has 11 heteroatoms. The number of halogens is 1. The van der Waals surface area contributed by atoms with Crippen LogP contribution in [0.1, 0.15) is 31.0 Å². The Labute approximate surface area is 264 Å². The Bertz CT molecular complexity index is 1580. The van der Waals surface area contributed by atoms with Crippen molar-refractivity contribution < 1.29 is 9.53 Å². The lowest BCUT2D eigenvalue weighted by atomic mass is 10.0. The Kier molecular flexibility index (Phi) is 8.87. The first-order valence-corrected chi connectivity index (χ1v) is 15.7. The Morgan fingerprint density at radius 1 is 1.25 bits per heavy atom. The van der Waals surface area contributed by atoms with Crippen molar-refractivity contribution in [2.45, 2.75) is 44.8 Å². The Morgan fingerprint density at radius 2 is 2.09 bits per heavy atom. The van der Waals surface area contributed by atoms with Gasteiger partial charge in [-0.2, -0.15) is 9.97 Å². The summed E-state index contributed by atoms with van der Waals surface area (Å²) in [4.78, 5) is 39.2. The van der Waals surface area contributed by atoms with E-state index in [0.717, 1.165) is 59.0 Å². The van der Waals surface area contributed by atoms with Gasteiger partial charge in [0.2, 0.25) is 12.5 Å². The van der Waals surface area contributed by atoms with Crippen LogP contribution in [0, 0.1) is 12.5 Å². The van der Waals surface area contributed by atoms with Gasteiger partial charge in [-0.1, -0.05) is 30.3 Å². The molecule has 2 fully saturated rings. The van der Waals surface area contributed by atoms with Crippen LogP contribution in [0.5, 0.6) is 6.01 Å². The van der Waals surface area contributed by atoms with Gasteiger partial charge in [-0.25, -0.2) is 6.57 Å². The minimum atomic E-state index is -0.248. The van der Waals surface area contributed by atoms with Crippen LogP contribution >= 0.6 is 11.6 Å². The number of piperazine rings is 1. The zero-order chi connectivity index (χ0) is 30.8. The number of hydrogen-bond donors (Lipinski definition) is 0. The monoisotopic (exact) mass is 614 g/mol. The summed E-state index contributed by atoms with van der Waals surface area (Å²) in [6.45, 7) is 18.0. The molecule has 2 aliphatic heterocycles. The van der Waals surface area contributed by atoms with E-state index in [1.165, 1.54) is 18.9 Å². The van der Waals surface area contributed by atoms with Crippen LogP contribution in [0.25, 0.3) is 15.6 Å². The fourth-order valence-corrected chi connectivity index (χ4v) is 6.54. The van der Waals surface area contributed by atoms with E-state index >= 15 is 0 Å². The summed E-state index contributed by atoms with van der Waals surface area (Å²) < 4.78 is 6.30. The highest BCUT2D eigenvalue weighted by Crippen LogP contribution is 2.37. The first-order chi connectivity index (χ1) is 21.4. The van der Waals surface area contributed by atoms with Crippen LogP contribution in [0.15, 0.2) is 43.2 Å². The maximum atomic E-state index is 12.6. The first kappa shape index (κ1) is 30.1. The second-order valence-corrected chi connectivity index (χ2v) is 12.5. The highest BCUT2D eigenvalue weighted by atomic mass is 35.5. The molecular formula is C33H39ClN8O2. The number of carbonyl (C=O) groups is 1. The van der Waals surface area contributed by atoms with E-state index in [2.05, 4.69) is 45.1 Å². The molecular weight excluding hydrogens is 576 g/mol. The van der Waals surface area contributed by atoms with E-state index in [9.17, 15) is 4.79 Å². The lowest BCUT2D eigenvalue weighted by molar-refractivity contribution is -0.128. The number of pyridine rings is 1. The van der Waals surface area contributed by atoms with Crippen molar-refractivity contribution in [1.82, 2.24) is 24.8 Å². The Morgan fingerprint density at radius 3 is 2.86 bits per heavy atom. The number of aromatic nitrogens is 3. The normalized spacial score (nSPS) is 19.1. The van der Waals surface area contributed by atoms with Crippen LogP contribution in [0.4, 0.5) is 11.5 Å². The molecule has 44 heavy (non-hydrogen) atoms. The quantitative estimate of drug-likeness (QED) is 0.244. The van der Waals surface area contributed by atoms with Crippen molar-refractivity contribution in [1.29, 1.82) is 0 Å². The largest absolute Gasteiger partial charge is 0.462 e. The molecule has 0 radical (unpaired) electrons. The van der Waals surface area contributed by atoms with E-state index in [4.69, 9.17) is 32.9 Å². The lowest BCUT2D eigenvalue weighted by Crippen LogP contribution is -2.56. The van der Waals surface area contributed by atoms with Gasteiger partial charge >= 0.3 is 6.01 Å². The van der Waals surface area contributed by atoms with Gasteiger partial charge in [0, 0.05) is 61.3 Å². The number of carbonyl (C=O) groups excluding carboxylic acids is 1. The third-order valence-electron chi connectivity index (χ3n) is 9.07. The molecule has 1 saturated heterocycles. The number of nitrogens with zero attached hydrogens (tertiary/aromatic N) is 8. The molecule has 1 aromatic carbocycles. The first-order valence-electron chi connectivity index (χ1n) is 15.4. The summed E-state index contributed by atoms with van der Waals surface area (Å²) in [5, 5.41) is 2.67. The van der Waals surface area contributed by atoms with Gasteiger partial charge in [0.15, 0.2) is 0 Å². The standard InChI is InChI=1S/C33H39ClN8O2/c1-5-30(43)42-14-13-41(19-25(42)16-35-3)32-26-11-12-40(29-17-36-15-24-7-6-8-27(34)31(24)29)20-28(26)37-33(38-32)44-21-22(2)39(4)18-23-9-10-23/h5-8,15,17,22-23,25H,1,9-14,16,18-21H2,2,4H3/t22-,25+/m1/s1. The van der Waals surface area contributed by atoms with E-state index in [1.807, 2.05) is 30.6 Å². The van der Waals surface area contributed by atoms with Gasteiger partial charge in [0.25, 0.3) is 0 Å². The number of amides is 1. The maximum absolute atomic E-state index is 12.6. The summed E-state index contributed by atoms with van der Waals surface area (Å²) >= 11 is 6.68. The number of fused-ring (bicyclic) bond motifs is 2. The third kappa shape index (κ3) is 6.30. The molecule has 0 spiro atoms. The molecule has 2 atom stereocenters. The molecule has 3 aromatic rings. The van der Waals surface area contributed by atoms with Gasteiger partial charge in [-0.05, 0) is 51.3 Å². The SMILES string of the molecule is [C-]#[N+]C[C@H]1CN(c2nc(OC[C@@H](C)N(C)CC3CC3)nc3c2CCN(c2cncc4cccc(Cl)c24)C3)CCN1C(=O)C=C. The lowest BCUT2D eigenvalue weighted by Gasteiger charge is -2.41. The van der Waals surface area contributed by atoms with Gasteiger partial charge < -0.3 is 29.2 Å². The summed E-state index contributed by atoms with van der Waals surface area (Å²) in [7, 11) is 2.15. The predicted octanol–water partition coefficient (Wildman–Crippen LogP) is 4.47. The van der Waals surface area contributed by atoms with Crippen LogP contribution in [0.3, 0.4) is 0 Å². The molecule has 3 aliphatic rings. The second kappa shape index (κ2) is 13.0. The summed E-state index contributed by atoms with van der Waals surface area (Å²) in [5.74, 6) is 1.49. The van der Waals surface area contributed by atoms with Crippen molar-refractivity contribution in [3.8, 4) is 6.01 Å². The molecule has 2 aromatic heterocycles. The molecule has 0 unspecified atom stereocenters.